The first-order chi connectivity index (χ1) is 8.24. The Hall–Kier alpha value is -1.60. The molecule has 0 saturated heterocycles. The summed E-state index contributed by atoms with van der Waals surface area (Å²) in [5.74, 6) is 0. The van der Waals surface area contributed by atoms with Crippen LogP contribution in [0.3, 0.4) is 0 Å². The second kappa shape index (κ2) is 10.9. The fourth-order valence-corrected chi connectivity index (χ4v) is 1.25. The van der Waals surface area contributed by atoms with Gasteiger partial charge in [-0.1, -0.05) is 66.8 Å². The highest BCUT2D eigenvalue weighted by atomic mass is 16.5. The Kier molecular flexibility index (Phi) is 9.88. The predicted octanol–water partition coefficient (Wildman–Crippen LogP) is 4.53. The van der Waals surface area contributed by atoms with Crippen molar-refractivity contribution in [2.45, 2.75) is 20.5 Å². The lowest BCUT2D eigenvalue weighted by molar-refractivity contribution is 0.185. The smallest absolute Gasteiger partial charge is 0.0713 e. The average molecular weight is 230 g/mol. The topological polar surface area (TPSA) is 9.23 Å². The molecule has 17 heavy (non-hydrogen) atoms. The highest BCUT2D eigenvalue weighted by Gasteiger charge is 1.84. The van der Waals surface area contributed by atoms with Crippen LogP contribution in [0.1, 0.15) is 19.4 Å². The van der Waals surface area contributed by atoms with Gasteiger partial charge in [0.2, 0.25) is 0 Å². The van der Waals surface area contributed by atoms with Gasteiger partial charge in [0.05, 0.1) is 6.61 Å². The Morgan fingerprint density at radius 2 is 1.94 bits per heavy atom. The molecule has 0 saturated carbocycles. The molecule has 1 heteroatoms. The van der Waals surface area contributed by atoms with E-state index in [-0.39, 0.29) is 0 Å². The van der Waals surface area contributed by atoms with E-state index in [0.29, 0.717) is 6.61 Å². The first-order valence-corrected chi connectivity index (χ1v) is 5.69. The monoisotopic (exact) mass is 230 g/mol. The molecule has 1 aromatic carbocycles. The maximum Gasteiger partial charge on any atom is 0.0713 e. The standard InChI is InChI=1S/C8H10O.C8H12/c1-9-7-8-5-3-2-4-6-8;1-4-6-8(3)7-5-2/h2-6H,7H2,1H3;4-7H,1H2,2-3H3/b;7-5-,8-6-. The number of methoxy groups -OCH3 is 1. The zero-order chi connectivity index (χ0) is 12.9. The Morgan fingerprint density at radius 1 is 1.29 bits per heavy atom. The van der Waals surface area contributed by atoms with Crippen molar-refractivity contribution in [1.82, 2.24) is 0 Å². The van der Waals surface area contributed by atoms with E-state index in [9.17, 15) is 0 Å². The van der Waals surface area contributed by atoms with E-state index in [0.717, 1.165) is 0 Å². The van der Waals surface area contributed by atoms with Crippen molar-refractivity contribution in [1.29, 1.82) is 0 Å². The highest BCUT2D eigenvalue weighted by Crippen LogP contribution is 1.98. The number of rotatable bonds is 4. The number of benzene rings is 1. The molecule has 92 valence electrons. The zero-order valence-corrected chi connectivity index (χ0v) is 11.0. The molecule has 0 bridgehead atoms. The molecule has 0 aliphatic carbocycles. The summed E-state index contributed by atoms with van der Waals surface area (Å²) in [6.45, 7) is 8.33. The third-order valence-electron chi connectivity index (χ3n) is 1.96. The van der Waals surface area contributed by atoms with E-state index in [4.69, 9.17) is 4.74 Å². The maximum absolute atomic E-state index is 4.93. The molecule has 0 amide bonds. The highest BCUT2D eigenvalue weighted by molar-refractivity contribution is 5.19. The summed E-state index contributed by atoms with van der Waals surface area (Å²) < 4.78 is 4.93. The fourth-order valence-electron chi connectivity index (χ4n) is 1.25. The minimum Gasteiger partial charge on any atom is -0.380 e. The summed E-state index contributed by atoms with van der Waals surface area (Å²) in [6.07, 6.45) is 7.81. The van der Waals surface area contributed by atoms with Gasteiger partial charge in [-0.2, -0.15) is 0 Å². The third kappa shape index (κ3) is 9.34. The van der Waals surface area contributed by atoms with Crippen LogP contribution in [-0.2, 0) is 11.3 Å². The summed E-state index contributed by atoms with van der Waals surface area (Å²) in [4.78, 5) is 0. The second-order valence-electron chi connectivity index (χ2n) is 3.56. The quantitative estimate of drug-likeness (QED) is 0.691. The van der Waals surface area contributed by atoms with Gasteiger partial charge in [-0.05, 0) is 19.4 Å². The van der Waals surface area contributed by atoms with Crippen LogP contribution in [0.5, 0.6) is 0 Å². The first-order valence-electron chi connectivity index (χ1n) is 5.69. The largest absolute Gasteiger partial charge is 0.380 e. The lowest BCUT2D eigenvalue weighted by Crippen LogP contribution is -1.84. The van der Waals surface area contributed by atoms with Gasteiger partial charge < -0.3 is 4.74 Å². The molecule has 0 fully saturated rings. The molecule has 0 aliphatic heterocycles. The SMILES string of the molecule is C=C/C=C(C)\C=C/C.COCc1ccccc1. The minimum absolute atomic E-state index is 0.709. The molecule has 0 spiro atoms. The number of ether oxygens (including phenoxy) is 1. The summed E-state index contributed by atoms with van der Waals surface area (Å²) in [5, 5.41) is 0. The van der Waals surface area contributed by atoms with E-state index < -0.39 is 0 Å². The molecule has 0 radical (unpaired) electrons. The van der Waals surface area contributed by atoms with Crippen molar-refractivity contribution in [3.05, 3.63) is 72.4 Å². The molecule has 1 aromatic rings. The Bertz CT molecular complexity index is 347. The van der Waals surface area contributed by atoms with Gasteiger partial charge >= 0.3 is 0 Å². The van der Waals surface area contributed by atoms with Crippen LogP contribution in [0.15, 0.2) is 66.8 Å². The van der Waals surface area contributed by atoms with Gasteiger partial charge in [0, 0.05) is 7.11 Å². The van der Waals surface area contributed by atoms with Gasteiger partial charge in [0.15, 0.2) is 0 Å². The van der Waals surface area contributed by atoms with Gasteiger partial charge in [0.1, 0.15) is 0 Å². The van der Waals surface area contributed by atoms with E-state index in [1.54, 1.807) is 13.2 Å². The molecule has 0 heterocycles. The molecular formula is C16H22O. The van der Waals surface area contributed by atoms with Gasteiger partial charge in [-0.15, -0.1) is 0 Å². The van der Waals surface area contributed by atoms with Gasteiger partial charge in [-0.25, -0.2) is 0 Å². The molecule has 1 rings (SSSR count). The van der Waals surface area contributed by atoms with Crippen molar-refractivity contribution in [3.63, 3.8) is 0 Å². The summed E-state index contributed by atoms with van der Waals surface area (Å²) in [5.41, 5.74) is 2.46. The second-order valence-corrected chi connectivity index (χ2v) is 3.56. The first kappa shape index (κ1) is 15.4. The van der Waals surface area contributed by atoms with Crippen molar-refractivity contribution >= 4 is 0 Å². The third-order valence-corrected chi connectivity index (χ3v) is 1.96. The summed E-state index contributed by atoms with van der Waals surface area (Å²) >= 11 is 0. The van der Waals surface area contributed by atoms with Crippen LogP contribution in [0.2, 0.25) is 0 Å². The Balaban J connectivity index is 0.000000304. The molecule has 0 atom stereocenters. The lowest BCUT2D eigenvalue weighted by atomic mass is 10.2. The van der Waals surface area contributed by atoms with Crippen LogP contribution in [-0.4, -0.2) is 7.11 Å². The maximum atomic E-state index is 4.93. The van der Waals surface area contributed by atoms with Crippen LogP contribution in [0.4, 0.5) is 0 Å². The van der Waals surface area contributed by atoms with Crippen molar-refractivity contribution in [2.75, 3.05) is 7.11 Å². The summed E-state index contributed by atoms with van der Waals surface area (Å²) in [6, 6.07) is 10.1. The van der Waals surface area contributed by atoms with Crippen molar-refractivity contribution < 1.29 is 4.74 Å². The van der Waals surface area contributed by atoms with E-state index in [1.807, 2.05) is 62.4 Å². The predicted molar refractivity (Wildman–Crippen MR) is 75.9 cm³/mol. The number of allylic oxidation sites excluding steroid dienone is 5. The molecule has 1 nitrogen and oxygen atoms in total. The van der Waals surface area contributed by atoms with Crippen LogP contribution in [0, 0.1) is 0 Å². The Labute approximate surface area is 105 Å². The van der Waals surface area contributed by atoms with Crippen LogP contribution >= 0.6 is 0 Å². The summed E-state index contributed by atoms with van der Waals surface area (Å²) in [7, 11) is 1.70. The number of hydrogen-bond donors (Lipinski definition) is 0. The zero-order valence-electron chi connectivity index (χ0n) is 11.0. The van der Waals surface area contributed by atoms with Crippen LogP contribution < -0.4 is 0 Å². The molecule has 0 N–H and O–H groups in total. The minimum atomic E-state index is 0.709. The molecule has 0 aromatic heterocycles. The van der Waals surface area contributed by atoms with Crippen LogP contribution in [0.25, 0.3) is 0 Å². The average Bonchev–Trinajstić information content (AvgIpc) is 2.32. The van der Waals surface area contributed by atoms with Gasteiger partial charge in [0.25, 0.3) is 0 Å². The lowest BCUT2D eigenvalue weighted by Gasteiger charge is -1.95. The fraction of sp³-hybridized carbons (Fsp3) is 0.250. The van der Waals surface area contributed by atoms with Crippen molar-refractivity contribution in [2.24, 2.45) is 0 Å². The van der Waals surface area contributed by atoms with Crippen molar-refractivity contribution in [3.8, 4) is 0 Å². The molecule has 0 aliphatic rings. The van der Waals surface area contributed by atoms with E-state index in [2.05, 4.69) is 6.58 Å². The van der Waals surface area contributed by atoms with Gasteiger partial charge in [-0.3, -0.25) is 0 Å². The van der Waals surface area contributed by atoms with E-state index in [1.165, 1.54) is 11.1 Å². The normalized spacial score (nSPS) is 10.9. The van der Waals surface area contributed by atoms with E-state index >= 15 is 0 Å². The molecular weight excluding hydrogens is 208 g/mol. The molecule has 0 unspecified atom stereocenters. The number of hydrogen-bond acceptors (Lipinski definition) is 1. The Morgan fingerprint density at radius 3 is 2.41 bits per heavy atom.